The summed E-state index contributed by atoms with van der Waals surface area (Å²) in [6.07, 6.45) is -0.122. The third kappa shape index (κ3) is 6.86. The lowest BCUT2D eigenvalue weighted by atomic mass is 10.1. The molecule has 0 spiro atoms. The summed E-state index contributed by atoms with van der Waals surface area (Å²) in [5, 5.41) is 0. The van der Waals surface area contributed by atoms with E-state index in [0.29, 0.717) is 12.2 Å². The van der Waals surface area contributed by atoms with Crippen molar-refractivity contribution in [2.75, 3.05) is 0 Å². The topological polar surface area (TPSA) is 69.7 Å². The highest BCUT2D eigenvalue weighted by Crippen LogP contribution is 2.28. The Kier molecular flexibility index (Phi) is 7.79. The van der Waals surface area contributed by atoms with Crippen LogP contribution in [-0.2, 0) is 32.4 Å². The van der Waals surface area contributed by atoms with Gasteiger partial charge in [-0.25, -0.2) is 8.42 Å². The highest BCUT2D eigenvalue weighted by atomic mass is 32.2. The van der Waals surface area contributed by atoms with Crippen molar-refractivity contribution < 1.29 is 22.7 Å². The lowest BCUT2D eigenvalue weighted by Crippen LogP contribution is -2.25. The maximum absolute atomic E-state index is 13.4. The molecule has 0 heterocycles. The van der Waals surface area contributed by atoms with Crippen LogP contribution in [0.2, 0.25) is 0 Å². The minimum Gasteiger partial charge on any atom is -0.489 e. The Bertz CT molecular complexity index is 1450. The van der Waals surface area contributed by atoms with Crippen LogP contribution in [0.1, 0.15) is 31.9 Å². The van der Waals surface area contributed by atoms with Crippen LogP contribution < -0.4 is 4.74 Å². The molecule has 0 saturated heterocycles. The molecular formula is C31H30O5S. The van der Waals surface area contributed by atoms with Crippen molar-refractivity contribution in [1.82, 2.24) is 0 Å². The molecule has 0 aromatic heterocycles. The van der Waals surface area contributed by atoms with Crippen LogP contribution in [0.15, 0.2) is 113 Å². The first kappa shape index (κ1) is 26.2. The monoisotopic (exact) mass is 514 g/mol. The fourth-order valence-corrected chi connectivity index (χ4v) is 5.37. The van der Waals surface area contributed by atoms with Gasteiger partial charge in [-0.15, -0.1) is 0 Å². The molecule has 5 nitrogen and oxygen atoms in total. The maximum Gasteiger partial charge on any atom is 0.310 e. The molecule has 0 unspecified atom stereocenters. The minimum atomic E-state index is -3.83. The average Bonchev–Trinajstić information content (AvgIpc) is 2.87. The number of esters is 1. The van der Waals surface area contributed by atoms with Gasteiger partial charge in [0.05, 0.1) is 16.2 Å². The third-order valence-electron chi connectivity index (χ3n) is 5.62. The fraction of sp³-hybridized carbons (Fsp3) is 0.194. The van der Waals surface area contributed by atoms with E-state index in [1.165, 1.54) is 6.07 Å². The molecule has 37 heavy (non-hydrogen) atoms. The number of hydrogen-bond acceptors (Lipinski definition) is 5. The number of sulfone groups is 1. The Balaban J connectivity index is 1.49. The van der Waals surface area contributed by atoms with Gasteiger partial charge in [0.2, 0.25) is 9.84 Å². The summed E-state index contributed by atoms with van der Waals surface area (Å²) in [6, 6.07) is 30.9. The fourth-order valence-electron chi connectivity index (χ4n) is 3.88. The first-order valence-corrected chi connectivity index (χ1v) is 13.5. The molecule has 0 atom stereocenters. The molecule has 0 bridgehead atoms. The molecule has 4 rings (SSSR count). The summed E-state index contributed by atoms with van der Waals surface area (Å²) in [4.78, 5) is 12.6. The largest absolute Gasteiger partial charge is 0.489 e. The van der Waals surface area contributed by atoms with Crippen molar-refractivity contribution in [2.45, 2.75) is 49.2 Å². The molecule has 0 aliphatic rings. The predicted octanol–water partition coefficient (Wildman–Crippen LogP) is 6.65. The smallest absolute Gasteiger partial charge is 0.310 e. The molecule has 0 radical (unpaired) electrons. The van der Waals surface area contributed by atoms with Crippen LogP contribution in [0, 0.1) is 0 Å². The number of hydrogen-bond donors (Lipinski definition) is 0. The van der Waals surface area contributed by atoms with Gasteiger partial charge in [0.15, 0.2) is 0 Å². The lowest BCUT2D eigenvalue weighted by Gasteiger charge is -2.20. The molecule has 4 aromatic rings. The van der Waals surface area contributed by atoms with E-state index in [1.54, 1.807) is 63.2 Å². The quantitative estimate of drug-likeness (QED) is 0.246. The second-order valence-electron chi connectivity index (χ2n) is 9.70. The van der Waals surface area contributed by atoms with Gasteiger partial charge >= 0.3 is 5.97 Å². The Hall–Kier alpha value is -3.90. The van der Waals surface area contributed by atoms with Crippen LogP contribution in [0.4, 0.5) is 0 Å². The number of benzene rings is 4. The zero-order chi connectivity index (χ0) is 26.5. The summed E-state index contributed by atoms with van der Waals surface area (Å²) in [5.74, 6) is 0.287. The van der Waals surface area contributed by atoms with Crippen molar-refractivity contribution in [3.8, 4) is 16.9 Å². The second-order valence-corrected chi connectivity index (χ2v) is 11.6. The first-order valence-electron chi connectivity index (χ1n) is 12.0. The summed E-state index contributed by atoms with van der Waals surface area (Å²) in [7, 11) is -3.83. The summed E-state index contributed by atoms with van der Waals surface area (Å²) >= 11 is 0. The lowest BCUT2D eigenvalue weighted by molar-refractivity contribution is -0.153. The minimum absolute atomic E-state index is 0.105. The Labute approximate surface area is 218 Å². The molecule has 0 N–H and O–H groups in total. The average molecular weight is 515 g/mol. The van der Waals surface area contributed by atoms with Crippen LogP contribution in [0.3, 0.4) is 0 Å². The third-order valence-corrected chi connectivity index (χ3v) is 7.49. The summed E-state index contributed by atoms with van der Waals surface area (Å²) < 4.78 is 38.1. The van der Waals surface area contributed by atoms with Crippen LogP contribution in [-0.4, -0.2) is 20.0 Å². The molecule has 190 valence electrons. The van der Waals surface area contributed by atoms with E-state index in [2.05, 4.69) is 0 Å². The van der Waals surface area contributed by atoms with Crippen LogP contribution in [0.5, 0.6) is 5.75 Å². The Morgan fingerprint density at radius 1 is 0.730 bits per heavy atom. The van der Waals surface area contributed by atoms with E-state index in [0.717, 1.165) is 22.4 Å². The van der Waals surface area contributed by atoms with Gasteiger partial charge in [0.1, 0.15) is 18.0 Å². The van der Waals surface area contributed by atoms with Crippen molar-refractivity contribution in [3.05, 3.63) is 114 Å². The normalized spacial score (nSPS) is 11.6. The van der Waals surface area contributed by atoms with Crippen LogP contribution in [0.25, 0.3) is 11.1 Å². The van der Waals surface area contributed by atoms with Gasteiger partial charge in [-0.3, -0.25) is 4.79 Å². The van der Waals surface area contributed by atoms with Crippen molar-refractivity contribution >= 4 is 15.8 Å². The van der Waals surface area contributed by atoms with Crippen molar-refractivity contribution in [2.24, 2.45) is 0 Å². The van der Waals surface area contributed by atoms with E-state index in [-0.39, 0.29) is 16.2 Å². The number of carbonyl (C=O) groups excluding carboxylic acids is 1. The molecule has 0 fully saturated rings. The zero-order valence-electron chi connectivity index (χ0n) is 21.2. The second kappa shape index (κ2) is 11.0. The predicted molar refractivity (Wildman–Crippen MR) is 144 cm³/mol. The van der Waals surface area contributed by atoms with E-state index in [1.807, 2.05) is 54.6 Å². The van der Waals surface area contributed by atoms with Gasteiger partial charge in [-0.1, -0.05) is 72.8 Å². The SMILES string of the molecule is CC(C)(C)OC(=O)Cc1ccccc1S(=O)(=O)c1ccc(-c2ccc(OCc3ccccc3)cc2)cc1. The van der Waals surface area contributed by atoms with Crippen molar-refractivity contribution in [1.29, 1.82) is 0 Å². The highest BCUT2D eigenvalue weighted by molar-refractivity contribution is 7.91. The molecule has 0 amide bonds. The zero-order valence-corrected chi connectivity index (χ0v) is 22.0. The Morgan fingerprint density at radius 3 is 1.92 bits per heavy atom. The highest BCUT2D eigenvalue weighted by Gasteiger charge is 2.24. The number of rotatable bonds is 8. The summed E-state index contributed by atoms with van der Waals surface area (Å²) in [5.41, 5.74) is 2.69. The van der Waals surface area contributed by atoms with Gasteiger partial charge in [-0.05, 0) is 73.4 Å². The maximum atomic E-state index is 13.4. The first-order chi connectivity index (χ1) is 17.6. The molecule has 0 saturated carbocycles. The molecule has 0 aliphatic heterocycles. The molecule has 0 aliphatic carbocycles. The van der Waals surface area contributed by atoms with Gasteiger partial charge in [0, 0.05) is 0 Å². The van der Waals surface area contributed by atoms with Gasteiger partial charge in [0.25, 0.3) is 0 Å². The Morgan fingerprint density at radius 2 is 1.30 bits per heavy atom. The van der Waals surface area contributed by atoms with Crippen molar-refractivity contribution in [3.63, 3.8) is 0 Å². The van der Waals surface area contributed by atoms with Gasteiger partial charge < -0.3 is 9.47 Å². The number of carbonyl (C=O) groups is 1. The van der Waals surface area contributed by atoms with Crippen LogP contribution >= 0.6 is 0 Å². The molecular weight excluding hydrogens is 484 g/mol. The van der Waals surface area contributed by atoms with E-state index in [9.17, 15) is 13.2 Å². The van der Waals surface area contributed by atoms with E-state index >= 15 is 0 Å². The standard InChI is InChI=1S/C31H30O5S/c1-31(2,3)36-30(32)21-26-11-7-8-12-29(26)37(33,34)28-19-15-25(16-20-28)24-13-17-27(18-14-24)35-22-23-9-5-4-6-10-23/h4-20H,21-22H2,1-3H3. The van der Waals surface area contributed by atoms with E-state index < -0.39 is 21.4 Å². The molecule has 6 heteroatoms. The van der Waals surface area contributed by atoms with Gasteiger partial charge in [-0.2, -0.15) is 0 Å². The van der Waals surface area contributed by atoms with E-state index in [4.69, 9.17) is 9.47 Å². The number of ether oxygens (including phenoxy) is 2. The summed E-state index contributed by atoms with van der Waals surface area (Å²) in [6.45, 7) is 5.82. The molecule has 4 aromatic carbocycles.